The van der Waals surface area contributed by atoms with Crippen molar-refractivity contribution in [1.82, 2.24) is 0 Å². The van der Waals surface area contributed by atoms with Gasteiger partial charge in [-0.3, -0.25) is 9.59 Å². The molecule has 0 aromatic carbocycles. The van der Waals surface area contributed by atoms with E-state index in [0.717, 1.165) is 64.2 Å². The zero-order chi connectivity index (χ0) is 33.1. The van der Waals surface area contributed by atoms with E-state index in [1.165, 1.54) is 44.9 Å². The molecule has 264 valence electrons. The fourth-order valence-electron chi connectivity index (χ4n) is 5.24. The van der Waals surface area contributed by atoms with Crippen molar-refractivity contribution >= 4 is 11.9 Å². The molecule has 6 unspecified atom stereocenters. The molecule has 1 fully saturated rings. The van der Waals surface area contributed by atoms with Crippen LogP contribution < -0.4 is 0 Å². The largest absolute Gasteiger partial charge is 0.462 e. The van der Waals surface area contributed by atoms with Crippen molar-refractivity contribution in [2.75, 3.05) is 19.8 Å². The molecule has 0 aromatic rings. The Kier molecular flexibility index (Phi) is 25.4. The van der Waals surface area contributed by atoms with Crippen LogP contribution in [0.4, 0.5) is 0 Å². The summed E-state index contributed by atoms with van der Waals surface area (Å²) in [6, 6.07) is 0. The molecule has 0 radical (unpaired) electrons. The lowest BCUT2D eigenvalue weighted by molar-refractivity contribution is -0.305. The Bertz CT molecular complexity index is 759. The maximum atomic E-state index is 12.6. The van der Waals surface area contributed by atoms with E-state index in [0.29, 0.717) is 6.42 Å². The Morgan fingerprint density at radius 1 is 0.667 bits per heavy atom. The van der Waals surface area contributed by atoms with Crippen molar-refractivity contribution < 1.29 is 49.0 Å². The van der Waals surface area contributed by atoms with Gasteiger partial charge in [-0.25, -0.2) is 0 Å². The van der Waals surface area contributed by atoms with Crippen LogP contribution >= 0.6 is 0 Å². The number of allylic oxidation sites excluding steroid dienone is 2. The standard InChI is InChI=1S/C35H64O10/c1-3-5-7-9-10-11-12-13-14-15-16-17-18-20-22-24-31(38)44-28(26-42-30(37)23-21-19-8-6-4-2)27-43-35-34(41)33(40)32(39)29(25-36)45-35/h13-14,28-29,32-36,39-41H,3-12,15-27H2,1-2H3/b14-13-. The van der Waals surface area contributed by atoms with Crippen LogP contribution in [-0.4, -0.2) is 89.0 Å². The highest BCUT2D eigenvalue weighted by molar-refractivity contribution is 5.70. The number of carbonyl (C=O) groups excluding carboxylic acids is 2. The molecule has 1 aliphatic rings. The van der Waals surface area contributed by atoms with Gasteiger partial charge in [0.05, 0.1) is 13.2 Å². The third-order valence-electron chi connectivity index (χ3n) is 8.15. The lowest BCUT2D eigenvalue weighted by Gasteiger charge is -2.39. The number of ether oxygens (including phenoxy) is 4. The molecule has 0 saturated carbocycles. The van der Waals surface area contributed by atoms with Crippen molar-refractivity contribution in [3.8, 4) is 0 Å². The molecule has 0 aromatic heterocycles. The normalized spacial score (nSPS) is 22.5. The van der Waals surface area contributed by atoms with E-state index < -0.39 is 55.4 Å². The lowest BCUT2D eigenvalue weighted by Crippen LogP contribution is -2.59. The molecule has 10 heteroatoms. The van der Waals surface area contributed by atoms with Crippen molar-refractivity contribution in [1.29, 1.82) is 0 Å². The van der Waals surface area contributed by atoms with Gasteiger partial charge in [-0.1, -0.05) is 103 Å². The van der Waals surface area contributed by atoms with Gasteiger partial charge in [0.15, 0.2) is 12.4 Å². The van der Waals surface area contributed by atoms with Gasteiger partial charge in [0.2, 0.25) is 0 Å². The monoisotopic (exact) mass is 644 g/mol. The van der Waals surface area contributed by atoms with Crippen LogP contribution in [-0.2, 0) is 28.5 Å². The topological polar surface area (TPSA) is 152 Å². The Hall–Kier alpha value is -1.56. The maximum Gasteiger partial charge on any atom is 0.306 e. The number of hydrogen-bond acceptors (Lipinski definition) is 10. The highest BCUT2D eigenvalue weighted by atomic mass is 16.7. The summed E-state index contributed by atoms with van der Waals surface area (Å²) in [7, 11) is 0. The SMILES string of the molecule is CCCCCCCC/C=C\CCCCCCCC(=O)OC(COC(=O)CCCCCCC)COC1OC(CO)C(O)C(O)C1O. The number of hydrogen-bond donors (Lipinski definition) is 4. The first kappa shape index (κ1) is 41.5. The summed E-state index contributed by atoms with van der Waals surface area (Å²) in [5.41, 5.74) is 0. The molecule has 0 spiro atoms. The second-order valence-electron chi connectivity index (χ2n) is 12.3. The average molecular weight is 645 g/mol. The Balaban J connectivity index is 2.38. The Labute approximate surface area is 271 Å². The van der Waals surface area contributed by atoms with Crippen molar-refractivity contribution in [3.05, 3.63) is 12.2 Å². The third-order valence-corrected chi connectivity index (χ3v) is 8.15. The minimum Gasteiger partial charge on any atom is -0.462 e. The first-order chi connectivity index (χ1) is 21.8. The van der Waals surface area contributed by atoms with Gasteiger partial charge in [-0.05, 0) is 38.5 Å². The summed E-state index contributed by atoms with van der Waals surface area (Å²) in [5.74, 6) is -0.830. The summed E-state index contributed by atoms with van der Waals surface area (Å²) >= 11 is 0. The predicted molar refractivity (Wildman–Crippen MR) is 173 cm³/mol. The molecule has 6 atom stereocenters. The van der Waals surface area contributed by atoms with E-state index in [4.69, 9.17) is 18.9 Å². The van der Waals surface area contributed by atoms with Crippen LogP contribution in [0, 0.1) is 0 Å². The fraction of sp³-hybridized carbons (Fsp3) is 0.886. The Morgan fingerprint density at radius 2 is 1.18 bits per heavy atom. The van der Waals surface area contributed by atoms with Crippen LogP contribution in [0.1, 0.15) is 142 Å². The van der Waals surface area contributed by atoms with Gasteiger partial charge in [0.1, 0.15) is 31.0 Å². The summed E-state index contributed by atoms with van der Waals surface area (Å²) in [4.78, 5) is 24.9. The van der Waals surface area contributed by atoms with E-state index in [1.807, 2.05) is 0 Å². The molecule has 1 saturated heterocycles. The second kappa shape index (κ2) is 27.5. The van der Waals surface area contributed by atoms with Crippen molar-refractivity contribution in [2.45, 2.75) is 179 Å². The molecule has 45 heavy (non-hydrogen) atoms. The molecule has 1 rings (SSSR count). The van der Waals surface area contributed by atoms with E-state index >= 15 is 0 Å². The number of aliphatic hydroxyl groups excluding tert-OH is 4. The van der Waals surface area contributed by atoms with E-state index in [2.05, 4.69) is 26.0 Å². The first-order valence-electron chi connectivity index (χ1n) is 17.8. The quantitative estimate of drug-likeness (QED) is 0.0477. The van der Waals surface area contributed by atoms with E-state index in [-0.39, 0.29) is 26.1 Å². The lowest BCUT2D eigenvalue weighted by atomic mass is 9.99. The van der Waals surface area contributed by atoms with Crippen LogP contribution in [0.15, 0.2) is 12.2 Å². The predicted octanol–water partition coefficient (Wildman–Crippen LogP) is 5.66. The maximum absolute atomic E-state index is 12.6. The van der Waals surface area contributed by atoms with Crippen LogP contribution in [0.3, 0.4) is 0 Å². The van der Waals surface area contributed by atoms with Gasteiger partial charge in [0, 0.05) is 12.8 Å². The smallest absolute Gasteiger partial charge is 0.306 e. The number of carbonyl (C=O) groups is 2. The first-order valence-corrected chi connectivity index (χ1v) is 17.8. The highest BCUT2D eigenvalue weighted by Crippen LogP contribution is 2.22. The van der Waals surface area contributed by atoms with Crippen molar-refractivity contribution in [3.63, 3.8) is 0 Å². The number of unbranched alkanes of at least 4 members (excludes halogenated alkanes) is 15. The van der Waals surface area contributed by atoms with E-state index in [1.54, 1.807) is 0 Å². The van der Waals surface area contributed by atoms with Crippen LogP contribution in [0.5, 0.6) is 0 Å². The highest BCUT2D eigenvalue weighted by Gasteiger charge is 2.44. The third kappa shape index (κ3) is 20.3. The molecule has 1 aliphatic heterocycles. The van der Waals surface area contributed by atoms with Gasteiger partial charge >= 0.3 is 11.9 Å². The van der Waals surface area contributed by atoms with Gasteiger partial charge < -0.3 is 39.4 Å². The van der Waals surface area contributed by atoms with Gasteiger partial charge in [0.25, 0.3) is 0 Å². The molecular formula is C35H64O10. The minimum absolute atomic E-state index is 0.219. The minimum atomic E-state index is -1.59. The molecule has 10 nitrogen and oxygen atoms in total. The molecule has 0 aliphatic carbocycles. The summed E-state index contributed by atoms with van der Waals surface area (Å²) in [6.07, 6.45) is 17.0. The van der Waals surface area contributed by atoms with Crippen LogP contribution in [0.2, 0.25) is 0 Å². The van der Waals surface area contributed by atoms with Gasteiger partial charge in [-0.2, -0.15) is 0 Å². The molecular weight excluding hydrogens is 580 g/mol. The van der Waals surface area contributed by atoms with Crippen molar-refractivity contribution in [2.24, 2.45) is 0 Å². The fourth-order valence-corrected chi connectivity index (χ4v) is 5.24. The number of aliphatic hydroxyl groups is 4. The molecule has 1 heterocycles. The summed E-state index contributed by atoms with van der Waals surface area (Å²) in [5, 5.41) is 39.7. The Morgan fingerprint density at radius 3 is 1.73 bits per heavy atom. The van der Waals surface area contributed by atoms with Gasteiger partial charge in [-0.15, -0.1) is 0 Å². The van der Waals surface area contributed by atoms with E-state index in [9.17, 15) is 30.0 Å². The van der Waals surface area contributed by atoms with Crippen LogP contribution in [0.25, 0.3) is 0 Å². The number of esters is 2. The molecule has 0 bridgehead atoms. The zero-order valence-corrected chi connectivity index (χ0v) is 28.1. The summed E-state index contributed by atoms with van der Waals surface area (Å²) in [6.45, 7) is 3.28. The average Bonchev–Trinajstić information content (AvgIpc) is 3.03. The molecule has 0 amide bonds. The number of rotatable bonds is 28. The second-order valence-corrected chi connectivity index (χ2v) is 12.3. The molecule has 4 N–H and O–H groups in total. The zero-order valence-electron chi connectivity index (χ0n) is 28.1. The summed E-state index contributed by atoms with van der Waals surface area (Å²) < 4.78 is 21.9.